The molecule has 2 rings (SSSR count). The molecule has 0 N–H and O–H groups in total. The van der Waals surface area contributed by atoms with Crippen LogP contribution < -0.4 is 0 Å². The second-order valence-electron chi connectivity index (χ2n) is 5.12. The maximum absolute atomic E-state index is 12.0. The third kappa shape index (κ3) is 3.38. The first-order valence-electron chi connectivity index (χ1n) is 7.09. The number of ether oxygens (including phenoxy) is 1. The van der Waals surface area contributed by atoms with Gasteiger partial charge >= 0.3 is 11.8 Å². The summed E-state index contributed by atoms with van der Waals surface area (Å²) in [5.74, 6) is -0.396. The molecule has 0 aromatic carbocycles. The maximum atomic E-state index is 12.0. The molecule has 0 spiro atoms. The van der Waals surface area contributed by atoms with Crippen molar-refractivity contribution in [2.75, 3.05) is 13.2 Å². The van der Waals surface area contributed by atoms with Gasteiger partial charge in [-0.25, -0.2) is 0 Å². The number of imidazole rings is 1. The standard InChI is InChI=1S/C13H20N4O4/c1-3-21-13(18)10-6-4-5-7-16(10)8-11-12(17(19)20)14-9-15(11)2/h9-10H,3-8H2,1-2H3. The molecule has 1 saturated heterocycles. The van der Waals surface area contributed by atoms with Crippen LogP contribution in [0.5, 0.6) is 0 Å². The Labute approximate surface area is 122 Å². The van der Waals surface area contributed by atoms with Crippen LogP contribution in [0.4, 0.5) is 5.82 Å². The predicted octanol–water partition coefficient (Wildman–Crippen LogP) is 1.25. The van der Waals surface area contributed by atoms with E-state index >= 15 is 0 Å². The third-order valence-electron chi connectivity index (χ3n) is 3.74. The average molecular weight is 296 g/mol. The first-order chi connectivity index (χ1) is 10.0. The van der Waals surface area contributed by atoms with Gasteiger partial charge in [0.05, 0.1) is 6.61 Å². The Balaban J connectivity index is 2.18. The minimum Gasteiger partial charge on any atom is -0.465 e. The molecule has 116 valence electrons. The van der Waals surface area contributed by atoms with Crippen molar-refractivity contribution in [3.8, 4) is 0 Å². The molecule has 0 radical (unpaired) electrons. The van der Waals surface area contributed by atoms with Gasteiger partial charge in [-0.3, -0.25) is 9.69 Å². The van der Waals surface area contributed by atoms with Gasteiger partial charge in [-0.1, -0.05) is 6.42 Å². The lowest BCUT2D eigenvalue weighted by Gasteiger charge is -2.33. The molecule has 8 nitrogen and oxygen atoms in total. The minimum atomic E-state index is -0.487. The van der Waals surface area contributed by atoms with Crippen molar-refractivity contribution in [2.45, 2.75) is 38.8 Å². The molecule has 1 aliphatic rings. The summed E-state index contributed by atoms with van der Waals surface area (Å²) < 4.78 is 6.74. The van der Waals surface area contributed by atoms with E-state index in [2.05, 4.69) is 4.98 Å². The summed E-state index contributed by atoms with van der Waals surface area (Å²) in [6, 6.07) is -0.326. The molecule has 0 amide bonds. The number of piperidine rings is 1. The number of aryl methyl sites for hydroxylation is 1. The van der Waals surface area contributed by atoms with Crippen molar-refractivity contribution >= 4 is 11.8 Å². The van der Waals surface area contributed by atoms with Crippen molar-refractivity contribution in [3.05, 3.63) is 22.1 Å². The Morgan fingerprint density at radius 3 is 3.00 bits per heavy atom. The van der Waals surface area contributed by atoms with Crippen LogP contribution in [-0.2, 0) is 23.1 Å². The van der Waals surface area contributed by atoms with Gasteiger partial charge in [0.1, 0.15) is 11.7 Å². The van der Waals surface area contributed by atoms with E-state index in [4.69, 9.17) is 4.74 Å². The summed E-state index contributed by atoms with van der Waals surface area (Å²) in [5, 5.41) is 11.0. The molecule has 1 unspecified atom stereocenters. The zero-order chi connectivity index (χ0) is 15.4. The normalized spacial score (nSPS) is 19.4. The third-order valence-corrected chi connectivity index (χ3v) is 3.74. The van der Waals surface area contributed by atoms with Crippen LogP contribution in [0, 0.1) is 10.1 Å². The number of rotatable bonds is 5. The lowest BCUT2D eigenvalue weighted by atomic mass is 10.0. The molecule has 0 bridgehead atoms. The van der Waals surface area contributed by atoms with E-state index in [1.165, 1.54) is 6.33 Å². The molecule has 0 aliphatic carbocycles. The number of carbonyl (C=O) groups is 1. The van der Waals surface area contributed by atoms with E-state index in [9.17, 15) is 14.9 Å². The number of carbonyl (C=O) groups excluding carboxylic acids is 1. The maximum Gasteiger partial charge on any atom is 0.386 e. The highest BCUT2D eigenvalue weighted by Gasteiger charge is 2.32. The summed E-state index contributed by atoms with van der Waals surface area (Å²) in [4.78, 5) is 28.3. The topological polar surface area (TPSA) is 90.5 Å². The van der Waals surface area contributed by atoms with Crippen LogP contribution in [0.3, 0.4) is 0 Å². The van der Waals surface area contributed by atoms with E-state index in [-0.39, 0.29) is 17.8 Å². The molecule has 1 fully saturated rings. The van der Waals surface area contributed by atoms with Gasteiger partial charge in [0.25, 0.3) is 0 Å². The minimum absolute atomic E-state index is 0.148. The predicted molar refractivity (Wildman–Crippen MR) is 74.5 cm³/mol. The highest BCUT2D eigenvalue weighted by atomic mass is 16.6. The van der Waals surface area contributed by atoms with Gasteiger partial charge < -0.3 is 19.4 Å². The Morgan fingerprint density at radius 2 is 2.33 bits per heavy atom. The van der Waals surface area contributed by atoms with Gasteiger partial charge in [-0.2, -0.15) is 0 Å². The number of likely N-dealkylation sites (tertiary alicyclic amines) is 1. The van der Waals surface area contributed by atoms with E-state index in [0.717, 1.165) is 25.8 Å². The zero-order valence-corrected chi connectivity index (χ0v) is 12.3. The van der Waals surface area contributed by atoms with E-state index in [1.807, 2.05) is 4.90 Å². The second-order valence-corrected chi connectivity index (χ2v) is 5.12. The van der Waals surface area contributed by atoms with Crippen LogP contribution >= 0.6 is 0 Å². The first-order valence-corrected chi connectivity index (χ1v) is 7.09. The molecule has 1 aliphatic heterocycles. The molecule has 1 atom stereocenters. The molecule has 1 aromatic heterocycles. The molecular weight excluding hydrogens is 276 g/mol. The fraction of sp³-hybridized carbons (Fsp3) is 0.692. The summed E-state index contributed by atoms with van der Waals surface area (Å²) in [6.45, 7) is 3.17. The quantitative estimate of drug-likeness (QED) is 0.461. The van der Waals surface area contributed by atoms with Gasteiger partial charge in [0, 0.05) is 13.6 Å². The van der Waals surface area contributed by atoms with Crippen molar-refractivity contribution in [2.24, 2.45) is 7.05 Å². The largest absolute Gasteiger partial charge is 0.465 e. The Hall–Kier alpha value is -1.96. The van der Waals surface area contributed by atoms with Crippen LogP contribution in [0.25, 0.3) is 0 Å². The van der Waals surface area contributed by atoms with Crippen LogP contribution in [-0.4, -0.2) is 44.5 Å². The van der Waals surface area contributed by atoms with Crippen LogP contribution in [0.15, 0.2) is 6.33 Å². The number of hydrogen-bond donors (Lipinski definition) is 0. The summed E-state index contributed by atoms with van der Waals surface area (Å²) in [7, 11) is 1.72. The van der Waals surface area contributed by atoms with E-state index in [1.54, 1.807) is 18.5 Å². The van der Waals surface area contributed by atoms with Gasteiger partial charge in [-0.05, 0) is 36.2 Å². The fourth-order valence-corrected chi connectivity index (χ4v) is 2.66. The smallest absolute Gasteiger partial charge is 0.386 e. The molecule has 0 saturated carbocycles. The van der Waals surface area contributed by atoms with Crippen molar-refractivity contribution in [1.29, 1.82) is 0 Å². The Kier molecular flexibility index (Phi) is 4.89. The van der Waals surface area contributed by atoms with Crippen molar-refractivity contribution < 1.29 is 14.5 Å². The van der Waals surface area contributed by atoms with Crippen LogP contribution in [0.1, 0.15) is 31.9 Å². The van der Waals surface area contributed by atoms with E-state index < -0.39 is 4.92 Å². The molecule has 2 heterocycles. The monoisotopic (exact) mass is 296 g/mol. The number of nitro groups is 1. The van der Waals surface area contributed by atoms with E-state index in [0.29, 0.717) is 18.8 Å². The fourth-order valence-electron chi connectivity index (χ4n) is 2.66. The van der Waals surface area contributed by atoms with Gasteiger partial charge in [-0.15, -0.1) is 0 Å². The number of esters is 1. The Morgan fingerprint density at radius 1 is 1.57 bits per heavy atom. The molecular formula is C13H20N4O4. The highest BCUT2D eigenvalue weighted by molar-refractivity contribution is 5.75. The van der Waals surface area contributed by atoms with Crippen molar-refractivity contribution in [3.63, 3.8) is 0 Å². The molecule has 8 heteroatoms. The summed E-state index contributed by atoms with van der Waals surface area (Å²) in [6.07, 6.45) is 4.09. The second kappa shape index (κ2) is 6.66. The Bertz CT molecular complexity index is 528. The number of hydrogen-bond acceptors (Lipinski definition) is 6. The SMILES string of the molecule is CCOC(=O)C1CCCCN1Cc1c([N+](=O)[O-])ncn1C. The average Bonchev–Trinajstić information content (AvgIpc) is 2.81. The molecule has 21 heavy (non-hydrogen) atoms. The lowest BCUT2D eigenvalue weighted by Crippen LogP contribution is -2.45. The van der Waals surface area contributed by atoms with Crippen LogP contribution in [0.2, 0.25) is 0 Å². The van der Waals surface area contributed by atoms with Gasteiger partial charge in [0.2, 0.25) is 6.33 Å². The number of nitrogens with zero attached hydrogens (tertiary/aromatic N) is 4. The van der Waals surface area contributed by atoms with Crippen molar-refractivity contribution in [1.82, 2.24) is 14.5 Å². The lowest BCUT2D eigenvalue weighted by molar-refractivity contribution is -0.390. The first kappa shape index (κ1) is 15.4. The summed E-state index contributed by atoms with van der Waals surface area (Å²) in [5.41, 5.74) is 0.510. The zero-order valence-electron chi connectivity index (χ0n) is 12.3. The van der Waals surface area contributed by atoms with Gasteiger partial charge in [0.15, 0.2) is 0 Å². The summed E-state index contributed by atoms with van der Waals surface area (Å²) >= 11 is 0. The highest BCUT2D eigenvalue weighted by Crippen LogP contribution is 2.24. The number of aromatic nitrogens is 2. The molecule has 1 aromatic rings.